The molecule has 0 aromatic heterocycles. The lowest BCUT2D eigenvalue weighted by Crippen LogP contribution is -2.66. The molecule has 428 valence electrons. The molecule has 5 aliphatic heterocycles. The van der Waals surface area contributed by atoms with Crippen LogP contribution in [0.25, 0.3) is 0 Å². The summed E-state index contributed by atoms with van der Waals surface area (Å²) in [6.45, 7) is 11.5. The van der Waals surface area contributed by atoms with Gasteiger partial charge in [0.1, 0.15) is 97.3 Å². The number of Topliss-reactive ketones (excluding diaryl/α,β-unsaturated/α-hetero) is 2. The summed E-state index contributed by atoms with van der Waals surface area (Å²) in [6.07, 6.45) is -28.3. The second kappa shape index (κ2) is 21.3. The largest absolute Gasteiger partial charge is 0.396 e. The molecule has 23 nitrogen and oxygen atoms in total. The summed E-state index contributed by atoms with van der Waals surface area (Å²) in [7, 11) is 0. The fourth-order valence-electron chi connectivity index (χ4n) is 15.3. The highest BCUT2D eigenvalue weighted by atomic mass is 16.8. The van der Waals surface area contributed by atoms with Gasteiger partial charge >= 0.3 is 0 Å². The van der Waals surface area contributed by atoms with Crippen molar-refractivity contribution in [2.45, 2.75) is 241 Å². The highest BCUT2D eigenvalue weighted by Crippen LogP contribution is 2.74. The Morgan fingerprint density at radius 1 is 0.680 bits per heavy atom. The topological polar surface area (TPSA) is 360 Å². The van der Waals surface area contributed by atoms with Crippen molar-refractivity contribution in [2.75, 3.05) is 26.4 Å². The molecule has 4 aliphatic carbocycles. The number of rotatable bonds is 13. The molecule has 23 heteroatoms. The van der Waals surface area contributed by atoms with E-state index in [1.54, 1.807) is 0 Å². The molecule has 75 heavy (non-hydrogen) atoms. The van der Waals surface area contributed by atoms with Gasteiger partial charge in [-0.3, -0.25) is 9.59 Å². The molecular weight excluding hydrogens is 993 g/mol. The number of aliphatic hydroxyl groups is 12. The predicted molar refractivity (Wildman–Crippen MR) is 253 cm³/mol. The van der Waals surface area contributed by atoms with Crippen LogP contribution in [-0.4, -0.2) is 234 Å². The number of allylic oxidation sites excluding steroid dienone is 2. The lowest BCUT2D eigenvalue weighted by molar-refractivity contribution is -0.390. The molecule has 0 unspecified atom stereocenters. The third-order valence-corrected chi connectivity index (χ3v) is 20.3. The minimum atomic E-state index is -1.92. The highest BCUT2D eigenvalue weighted by Gasteiger charge is 2.75. The van der Waals surface area contributed by atoms with E-state index in [-0.39, 0.29) is 36.4 Å². The molecule has 28 atom stereocenters. The Kier molecular flexibility index (Phi) is 16.4. The highest BCUT2D eigenvalue weighted by molar-refractivity contribution is 5.94. The molecule has 9 rings (SSSR count). The van der Waals surface area contributed by atoms with Crippen LogP contribution in [-0.2, 0) is 52.2 Å². The quantitative estimate of drug-likeness (QED) is 0.0866. The zero-order valence-electron chi connectivity index (χ0n) is 43.8. The van der Waals surface area contributed by atoms with E-state index in [1.807, 2.05) is 13.8 Å². The van der Waals surface area contributed by atoms with Gasteiger partial charge in [-0.1, -0.05) is 45.8 Å². The van der Waals surface area contributed by atoms with Gasteiger partial charge < -0.3 is 104 Å². The first-order valence-electron chi connectivity index (χ1n) is 26.9. The number of fused-ring (bicyclic) bond motifs is 5. The molecule has 0 aromatic carbocycles. The maximum Gasteiger partial charge on any atom is 0.187 e. The fourth-order valence-corrected chi connectivity index (χ4v) is 15.3. The molecule has 7 fully saturated rings. The lowest BCUT2D eigenvalue weighted by Gasteiger charge is -2.63. The molecule has 0 aromatic rings. The van der Waals surface area contributed by atoms with Gasteiger partial charge in [0.15, 0.2) is 30.9 Å². The standard InChI is InChI=1S/C52H82O23/c1-8-25(55)27-15-21(2)52(75-27)16-31(57)51(7)24-9-10-30-48(4,23(24)11-14-50(51,52)6)13-12-32(49(30,5)20-54)72-45-41(66)38(63)36(61)29(71-45)19-68-46-42(34(59)26(56)18-67-46)74-47-43(39(64)35(60)28(17-53)70-47)73-44-40(65)37(62)33(58)22(3)69-44/h21-22,26-30,32-47,53-54,56,58-66H,8-20H2,1-7H3/t21-,22+,26+,27-,28-,29-,30-,32+,33+,34+,35-,36-,37-,38+,39+,40-,41-,42-,43-,44+,45+,46+,47+,48-,49-,50+,51-,52+/m1/s1. The van der Waals surface area contributed by atoms with Crippen LogP contribution in [0.3, 0.4) is 0 Å². The monoisotopic (exact) mass is 1070 g/mol. The first-order valence-corrected chi connectivity index (χ1v) is 26.9. The van der Waals surface area contributed by atoms with Crippen LogP contribution < -0.4 is 0 Å². The van der Waals surface area contributed by atoms with Gasteiger partial charge in [0.05, 0.1) is 49.7 Å². The maximum atomic E-state index is 14.6. The van der Waals surface area contributed by atoms with Crippen molar-refractivity contribution in [3.05, 3.63) is 11.1 Å². The van der Waals surface area contributed by atoms with Gasteiger partial charge in [0.25, 0.3) is 0 Å². The number of hydrogen-bond acceptors (Lipinski definition) is 23. The van der Waals surface area contributed by atoms with E-state index in [4.69, 9.17) is 42.6 Å². The first kappa shape index (κ1) is 57.9. The Labute approximate surface area is 435 Å². The number of ketones is 2. The van der Waals surface area contributed by atoms with Crippen LogP contribution in [0.2, 0.25) is 0 Å². The van der Waals surface area contributed by atoms with E-state index < -0.39 is 176 Å². The van der Waals surface area contributed by atoms with E-state index in [0.29, 0.717) is 51.4 Å². The smallest absolute Gasteiger partial charge is 0.187 e. The first-order chi connectivity index (χ1) is 35.3. The van der Waals surface area contributed by atoms with Crippen LogP contribution in [0, 0.1) is 33.5 Å². The van der Waals surface area contributed by atoms with Gasteiger partial charge in [-0.05, 0) is 76.0 Å². The summed E-state index contributed by atoms with van der Waals surface area (Å²) >= 11 is 0. The van der Waals surface area contributed by atoms with Crippen LogP contribution in [0.5, 0.6) is 0 Å². The molecule has 5 saturated heterocycles. The molecule has 0 amide bonds. The number of carbonyl (C=O) groups is 2. The Bertz CT molecular complexity index is 2120. The van der Waals surface area contributed by atoms with Gasteiger partial charge in [0, 0.05) is 23.7 Å². The van der Waals surface area contributed by atoms with Crippen molar-refractivity contribution in [2.24, 2.45) is 33.5 Å². The lowest BCUT2D eigenvalue weighted by atomic mass is 9.42. The molecule has 2 saturated carbocycles. The molecule has 1 spiro atoms. The number of aliphatic hydroxyl groups excluding tert-OH is 12. The van der Waals surface area contributed by atoms with Gasteiger partial charge in [-0.25, -0.2) is 0 Å². The second-order valence-electron chi connectivity index (χ2n) is 24.0. The van der Waals surface area contributed by atoms with E-state index in [1.165, 1.54) is 12.5 Å². The summed E-state index contributed by atoms with van der Waals surface area (Å²) in [5.41, 5.74) is -1.17. The third-order valence-electron chi connectivity index (χ3n) is 20.3. The van der Waals surface area contributed by atoms with Crippen LogP contribution in [0.1, 0.15) is 106 Å². The third kappa shape index (κ3) is 9.07. The second-order valence-corrected chi connectivity index (χ2v) is 24.0. The minimum absolute atomic E-state index is 0.00721. The molecule has 0 bridgehead atoms. The molecular formula is C52H82O23. The van der Waals surface area contributed by atoms with Crippen LogP contribution in [0.4, 0.5) is 0 Å². The van der Waals surface area contributed by atoms with Crippen molar-refractivity contribution in [1.82, 2.24) is 0 Å². The summed E-state index contributed by atoms with van der Waals surface area (Å²) in [5, 5.41) is 131. The van der Waals surface area contributed by atoms with Gasteiger partial charge in [-0.15, -0.1) is 0 Å². The van der Waals surface area contributed by atoms with Crippen molar-refractivity contribution in [3.8, 4) is 0 Å². The average molecular weight is 1080 g/mol. The zero-order chi connectivity index (χ0) is 54.6. The Morgan fingerprint density at radius 2 is 1.31 bits per heavy atom. The number of carbonyl (C=O) groups excluding carboxylic acids is 2. The normalized spacial score (nSPS) is 54.2. The summed E-state index contributed by atoms with van der Waals surface area (Å²) < 4.78 is 54.4. The van der Waals surface area contributed by atoms with E-state index in [0.717, 1.165) is 5.57 Å². The molecule has 5 heterocycles. The van der Waals surface area contributed by atoms with Crippen LogP contribution in [0.15, 0.2) is 11.1 Å². The summed E-state index contributed by atoms with van der Waals surface area (Å²) in [4.78, 5) is 27.6. The van der Waals surface area contributed by atoms with Gasteiger partial charge in [0.2, 0.25) is 0 Å². The van der Waals surface area contributed by atoms with E-state index >= 15 is 0 Å². The SMILES string of the molecule is CCC(=O)[C@H]1C[C@@H](C)[C@]2(CC(=O)[C@@]3(C)C4=C(CC[C@@]32C)[C@@]2(C)CC[C@H](O[C@@H]3O[C@H](CO[C@@H]5OC[C@H](O)[C@H](O)[C@H]5O[C@@H]5O[C@H](CO)[C@@H](O)[C@H](O)[C@H]5O[C@@H]5O[C@@H](C)[C@H](O)[C@@H](O)[C@H]5O)[C@@H](O)[C@H](O)[C@H]3O)[C@](C)(CO)[C@@H]2CC4)O1. The van der Waals surface area contributed by atoms with Crippen molar-refractivity contribution in [1.29, 1.82) is 0 Å². The summed E-state index contributed by atoms with van der Waals surface area (Å²) in [5.74, 6) is 0.0358. The predicted octanol–water partition coefficient (Wildman–Crippen LogP) is -2.26. The maximum absolute atomic E-state index is 14.6. The number of hydrogen-bond donors (Lipinski definition) is 12. The Hall–Kier alpha value is -1.76. The fraction of sp³-hybridized carbons (Fsp3) is 0.923. The van der Waals surface area contributed by atoms with Crippen LogP contribution >= 0.6 is 0 Å². The molecule has 0 radical (unpaired) electrons. The Morgan fingerprint density at radius 3 is 1.97 bits per heavy atom. The number of ether oxygens (including phenoxy) is 9. The van der Waals surface area contributed by atoms with Crippen molar-refractivity contribution in [3.63, 3.8) is 0 Å². The molecule has 9 aliphatic rings. The Balaban J connectivity index is 0.900. The molecule has 12 N–H and O–H groups in total. The van der Waals surface area contributed by atoms with E-state index in [2.05, 4.69) is 27.7 Å². The van der Waals surface area contributed by atoms with Crippen molar-refractivity contribution >= 4 is 11.6 Å². The zero-order valence-corrected chi connectivity index (χ0v) is 43.8. The minimum Gasteiger partial charge on any atom is -0.396 e. The average Bonchev–Trinajstić information content (AvgIpc) is 3.97. The van der Waals surface area contributed by atoms with Crippen molar-refractivity contribution < 1.29 is 113 Å². The van der Waals surface area contributed by atoms with E-state index in [9.17, 15) is 70.9 Å². The summed E-state index contributed by atoms with van der Waals surface area (Å²) in [6, 6.07) is 0. The van der Waals surface area contributed by atoms with Gasteiger partial charge in [-0.2, -0.15) is 0 Å².